The van der Waals surface area contributed by atoms with E-state index in [-0.39, 0.29) is 17.6 Å². The molecule has 2 heterocycles. The molecule has 0 radical (unpaired) electrons. The number of likely N-dealkylation sites (tertiary alicyclic amines) is 1. The highest BCUT2D eigenvalue weighted by atomic mass is 32.2. The number of carbonyl (C=O) groups is 1. The Balaban J connectivity index is 1.97. The molecule has 0 unspecified atom stereocenters. The van der Waals surface area contributed by atoms with Crippen molar-refractivity contribution in [1.29, 1.82) is 0 Å². The lowest BCUT2D eigenvalue weighted by atomic mass is 10.1. The van der Waals surface area contributed by atoms with Crippen LogP contribution in [0.5, 0.6) is 0 Å². The summed E-state index contributed by atoms with van der Waals surface area (Å²) in [7, 11) is -3.21. The van der Waals surface area contributed by atoms with Crippen molar-refractivity contribution in [2.75, 3.05) is 25.1 Å². The first kappa shape index (κ1) is 14.8. The van der Waals surface area contributed by atoms with Crippen LogP contribution in [0.3, 0.4) is 0 Å². The lowest BCUT2D eigenvalue weighted by Crippen LogP contribution is -2.46. The molecule has 2 rings (SSSR count). The van der Waals surface area contributed by atoms with Gasteiger partial charge in [-0.15, -0.1) is 0 Å². The van der Waals surface area contributed by atoms with E-state index < -0.39 is 10.0 Å². The van der Waals surface area contributed by atoms with Crippen LogP contribution in [-0.4, -0.2) is 54.8 Å². The van der Waals surface area contributed by atoms with E-state index in [1.165, 1.54) is 0 Å². The molecule has 0 bridgehead atoms. The molecule has 1 aromatic rings. The lowest BCUT2D eigenvalue weighted by Gasteiger charge is -2.31. The van der Waals surface area contributed by atoms with Crippen molar-refractivity contribution in [3.8, 4) is 0 Å². The van der Waals surface area contributed by atoms with Gasteiger partial charge in [-0.3, -0.25) is 9.89 Å². The van der Waals surface area contributed by atoms with Gasteiger partial charge in [0.05, 0.1) is 17.6 Å². The maximum Gasteiger partial charge on any atom is 0.276 e. The maximum absolute atomic E-state index is 12.3. The van der Waals surface area contributed by atoms with Gasteiger partial charge in [-0.05, 0) is 19.8 Å². The number of sulfonamides is 1. The molecule has 1 saturated heterocycles. The number of nitrogens with zero attached hydrogens (tertiary/aromatic N) is 2. The molecule has 8 nitrogen and oxygen atoms in total. The monoisotopic (exact) mass is 301 g/mol. The number of H-pyrrole nitrogens is 1. The van der Waals surface area contributed by atoms with Gasteiger partial charge >= 0.3 is 0 Å². The molecular formula is C11H19N5O3S. The van der Waals surface area contributed by atoms with Gasteiger partial charge in [0.15, 0.2) is 5.69 Å². The minimum atomic E-state index is -3.21. The second-order valence-electron chi connectivity index (χ2n) is 5.07. The molecule has 1 aromatic heterocycles. The Morgan fingerprint density at radius 3 is 2.50 bits per heavy atom. The van der Waals surface area contributed by atoms with Crippen LogP contribution in [0.25, 0.3) is 0 Å². The van der Waals surface area contributed by atoms with Crippen molar-refractivity contribution < 1.29 is 13.2 Å². The average molecular weight is 301 g/mol. The summed E-state index contributed by atoms with van der Waals surface area (Å²) in [5, 5.41) is 6.60. The fourth-order valence-corrected chi connectivity index (χ4v) is 3.09. The number of hydrogen-bond acceptors (Lipinski definition) is 5. The number of piperidine rings is 1. The largest absolute Gasteiger partial charge is 0.395 e. The lowest BCUT2D eigenvalue weighted by molar-refractivity contribution is 0.0706. The van der Waals surface area contributed by atoms with E-state index in [2.05, 4.69) is 14.9 Å². The summed E-state index contributed by atoms with van der Waals surface area (Å²) in [5.74, 6) is -0.218. The number of nitrogens with two attached hydrogens (primary N) is 1. The van der Waals surface area contributed by atoms with Crippen LogP contribution in [0.15, 0.2) is 0 Å². The third kappa shape index (κ3) is 3.28. The van der Waals surface area contributed by atoms with E-state index in [4.69, 9.17) is 5.73 Å². The van der Waals surface area contributed by atoms with Crippen LogP contribution in [0.2, 0.25) is 0 Å². The summed E-state index contributed by atoms with van der Waals surface area (Å²) in [6, 6.07) is -0.118. The van der Waals surface area contributed by atoms with Gasteiger partial charge in [-0.25, -0.2) is 13.1 Å². The van der Waals surface area contributed by atoms with E-state index in [1.54, 1.807) is 11.8 Å². The number of nitrogens with one attached hydrogen (secondary N) is 2. The molecule has 1 amide bonds. The van der Waals surface area contributed by atoms with Crippen molar-refractivity contribution in [3.05, 3.63) is 11.4 Å². The van der Waals surface area contributed by atoms with Gasteiger partial charge in [0.1, 0.15) is 0 Å². The Labute approximate surface area is 117 Å². The van der Waals surface area contributed by atoms with Gasteiger partial charge < -0.3 is 10.6 Å². The van der Waals surface area contributed by atoms with Gasteiger partial charge in [0.25, 0.3) is 5.91 Å². The Hall–Kier alpha value is -1.61. The van der Waals surface area contributed by atoms with E-state index >= 15 is 0 Å². The molecule has 112 valence electrons. The first-order valence-corrected chi connectivity index (χ1v) is 8.24. The van der Waals surface area contributed by atoms with Gasteiger partial charge in [0, 0.05) is 19.1 Å². The molecule has 0 saturated carbocycles. The Kier molecular flexibility index (Phi) is 4.00. The standard InChI is InChI=1S/C11H19N5O3S/c1-7-9(12)10(14-13-7)11(17)16-5-3-8(4-6-16)15-20(2,18)19/h8,15H,3-6,12H2,1-2H3,(H,13,14). The molecule has 9 heteroatoms. The van der Waals surface area contributed by atoms with Crippen LogP contribution >= 0.6 is 0 Å². The van der Waals surface area contributed by atoms with Crippen LogP contribution in [0, 0.1) is 6.92 Å². The molecule has 1 aliphatic heterocycles. The number of anilines is 1. The van der Waals surface area contributed by atoms with Gasteiger partial charge in [-0.1, -0.05) is 0 Å². The summed E-state index contributed by atoms with van der Waals surface area (Å²) in [6.07, 6.45) is 2.31. The zero-order chi connectivity index (χ0) is 14.9. The van der Waals surface area contributed by atoms with Crippen LogP contribution in [-0.2, 0) is 10.0 Å². The molecule has 20 heavy (non-hydrogen) atoms. The average Bonchev–Trinajstić information content (AvgIpc) is 2.68. The normalized spacial score (nSPS) is 17.4. The van der Waals surface area contributed by atoms with Crippen LogP contribution in [0.1, 0.15) is 29.0 Å². The van der Waals surface area contributed by atoms with E-state index in [0.717, 1.165) is 6.26 Å². The number of nitrogen functional groups attached to an aromatic ring is 1. The van der Waals surface area contributed by atoms with Crippen molar-refractivity contribution >= 4 is 21.6 Å². The number of aryl methyl sites for hydroxylation is 1. The Morgan fingerprint density at radius 2 is 2.05 bits per heavy atom. The summed E-state index contributed by atoms with van der Waals surface area (Å²) in [6.45, 7) is 2.72. The fraction of sp³-hybridized carbons (Fsp3) is 0.636. The quantitative estimate of drug-likeness (QED) is 0.692. The number of hydrogen-bond donors (Lipinski definition) is 3. The molecule has 0 atom stereocenters. The number of carbonyl (C=O) groups excluding carboxylic acids is 1. The minimum absolute atomic E-state index is 0.118. The van der Waals surface area contributed by atoms with Crippen molar-refractivity contribution in [2.24, 2.45) is 0 Å². The summed E-state index contributed by atoms with van der Waals surface area (Å²) in [5.41, 5.74) is 7.06. The Morgan fingerprint density at radius 1 is 1.45 bits per heavy atom. The smallest absolute Gasteiger partial charge is 0.276 e. The highest BCUT2D eigenvalue weighted by molar-refractivity contribution is 7.88. The zero-order valence-corrected chi connectivity index (χ0v) is 12.3. The summed E-state index contributed by atoms with van der Waals surface area (Å²) < 4.78 is 24.9. The SMILES string of the molecule is Cc1[nH]nc(C(=O)N2CCC(NS(C)(=O)=O)CC2)c1N. The highest BCUT2D eigenvalue weighted by Gasteiger charge is 2.27. The first-order valence-electron chi connectivity index (χ1n) is 6.35. The number of rotatable bonds is 3. The van der Waals surface area contributed by atoms with E-state index in [9.17, 15) is 13.2 Å². The van der Waals surface area contributed by atoms with Gasteiger partial charge in [-0.2, -0.15) is 5.10 Å². The highest BCUT2D eigenvalue weighted by Crippen LogP contribution is 2.18. The predicted octanol–water partition coefficient (Wildman–Crippen LogP) is -0.546. The van der Waals surface area contributed by atoms with Crippen molar-refractivity contribution in [2.45, 2.75) is 25.8 Å². The second kappa shape index (κ2) is 5.41. The summed E-state index contributed by atoms with van der Waals surface area (Å²) in [4.78, 5) is 13.9. The maximum atomic E-state index is 12.3. The summed E-state index contributed by atoms with van der Waals surface area (Å²) >= 11 is 0. The Bertz CT molecular complexity index is 602. The molecule has 4 N–H and O–H groups in total. The minimum Gasteiger partial charge on any atom is -0.395 e. The molecule has 1 fully saturated rings. The van der Waals surface area contributed by atoms with E-state index in [1.807, 2.05) is 0 Å². The number of amides is 1. The molecule has 0 spiro atoms. The van der Waals surface area contributed by atoms with Crippen LogP contribution < -0.4 is 10.5 Å². The molecule has 0 aliphatic carbocycles. The molecular weight excluding hydrogens is 282 g/mol. The predicted molar refractivity (Wildman–Crippen MR) is 74.6 cm³/mol. The molecule has 1 aliphatic rings. The topological polar surface area (TPSA) is 121 Å². The van der Waals surface area contributed by atoms with E-state index in [0.29, 0.717) is 37.3 Å². The van der Waals surface area contributed by atoms with Crippen molar-refractivity contribution in [1.82, 2.24) is 19.8 Å². The van der Waals surface area contributed by atoms with Crippen LogP contribution in [0.4, 0.5) is 5.69 Å². The number of aromatic nitrogens is 2. The zero-order valence-electron chi connectivity index (χ0n) is 11.5. The number of aromatic amines is 1. The second-order valence-corrected chi connectivity index (χ2v) is 6.85. The fourth-order valence-electron chi connectivity index (χ4n) is 2.25. The van der Waals surface area contributed by atoms with Gasteiger partial charge in [0.2, 0.25) is 10.0 Å². The van der Waals surface area contributed by atoms with Crippen molar-refractivity contribution in [3.63, 3.8) is 0 Å². The molecule has 0 aromatic carbocycles. The first-order chi connectivity index (χ1) is 9.28. The third-order valence-corrected chi connectivity index (χ3v) is 4.12. The third-order valence-electron chi connectivity index (χ3n) is 3.36.